The number of fused-ring (bicyclic) bond motifs is 1. The number of rotatable bonds is 2. The molecule has 0 spiro atoms. The van der Waals surface area contributed by atoms with Crippen molar-refractivity contribution in [2.75, 3.05) is 0 Å². The molecule has 0 atom stereocenters. The normalized spacial score (nSPS) is 10.7. The number of benzene rings is 2. The largest absolute Gasteiger partial charge is 0.542 e. The highest BCUT2D eigenvalue weighted by Gasteiger charge is 2.13. The first-order valence-corrected chi connectivity index (χ1v) is 5.89. The van der Waals surface area contributed by atoms with E-state index in [1.54, 1.807) is 36.4 Å². The SMILES string of the molecule is O=C(Cl)Oc1cccc2c(-c3noc(=O)o3)cccc12. The van der Waals surface area contributed by atoms with Gasteiger partial charge in [-0.3, -0.25) is 4.52 Å². The van der Waals surface area contributed by atoms with Gasteiger partial charge in [0.05, 0.1) is 0 Å². The third-order valence-corrected chi connectivity index (χ3v) is 2.76. The average Bonchev–Trinajstić information content (AvgIpc) is 2.84. The van der Waals surface area contributed by atoms with Gasteiger partial charge in [0.25, 0.3) is 5.89 Å². The summed E-state index contributed by atoms with van der Waals surface area (Å²) >= 11 is 5.22. The van der Waals surface area contributed by atoms with E-state index < -0.39 is 11.3 Å². The van der Waals surface area contributed by atoms with Crippen LogP contribution in [0.5, 0.6) is 5.75 Å². The van der Waals surface area contributed by atoms with Crippen LogP contribution in [0.25, 0.3) is 22.2 Å². The van der Waals surface area contributed by atoms with Gasteiger partial charge in [0.1, 0.15) is 5.75 Å². The molecule has 0 aliphatic rings. The van der Waals surface area contributed by atoms with Crippen molar-refractivity contribution in [2.45, 2.75) is 0 Å². The number of hydrogen-bond acceptors (Lipinski definition) is 6. The fourth-order valence-electron chi connectivity index (χ4n) is 1.94. The summed E-state index contributed by atoms with van der Waals surface area (Å²) in [6, 6.07) is 10.2. The predicted octanol–water partition coefficient (Wildman–Crippen LogP) is 3.19. The van der Waals surface area contributed by atoms with E-state index in [1.165, 1.54) is 0 Å². The lowest BCUT2D eigenvalue weighted by atomic mass is 10.0. The second-order valence-corrected chi connectivity index (χ2v) is 4.14. The molecule has 1 aromatic heterocycles. The highest BCUT2D eigenvalue weighted by molar-refractivity contribution is 6.61. The molecule has 7 heteroatoms. The third kappa shape index (κ3) is 2.17. The van der Waals surface area contributed by atoms with Crippen LogP contribution in [-0.4, -0.2) is 10.6 Å². The number of nitrogens with zero attached hydrogens (tertiary/aromatic N) is 1. The zero-order valence-electron chi connectivity index (χ0n) is 9.83. The van der Waals surface area contributed by atoms with E-state index in [-0.39, 0.29) is 5.89 Å². The summed E-state index contributed by atoms with van der Waals surface area (Å²) in [7, 11) is 0. The Balaban J connectivity index is 2.25. The fourth-order valence-corrected chi connectivity index (χ4v) is 2.03. The molecule has 0 radical (unpaired) electrons. The minimum Gasteiger partial charge on any atom is -0.414 e. The van der Waals surface area contributed by atoms with Gasteiger partial charge in [-0.15, -0.1) is 0 Å². The van der Waals surface area contributed by atoms with Crippen LogP contribution in [0.15, 0.2) is 50.1 Å². The van der Waals surface area contributed by atoms with Crippen molar-refractivity contribution in [1.82, 2.24) is 5.16 Å². The van der Waals surface area contributed by atoms with Crippen LogP contribution < -0.4 is 10.6 Å². The quantitative estimate of drug-likeness (QED) is 0.674. The summed E-state index contributed by atoms with van der Waals surface area (Å²) in [6.45, 7) is 0. The molecule has 2 aromatic carbocycles. The van der Waals surface area contributed by atoms with Gasteiger partial charge in [0, 0.05) is 22.6 Å². The number of halogens is 1. The number of aromatic nitrogens is 1. The number of hydrogen-bond donors (Lipinski definition) is 0. The Hall–Kier alpha value is -2.60. The number of carbonyl (C=O) groups is 1. The number of ether oxygens (including phenoxy) is 1. The molecule has 20 heavy (non-hydrogen) atoms. The van der Waals surface area contributed by atoms with E-state index in [4.69, 9.17) is 20.8 Å². The molecule has 0 fully saturated rings. The minimum atomic E-state index is -0.934. The van der Waals surface area contributed by atoms with E-state index in [0.29, 0.717) is 22.1 Å². The minimum absolute atomic E-state index is 0.0509. The van der Waals surface area contributed by atoms with Crippen molar-refractivity contribution >= 4 is 27.8 Å². The maximum Gasteiger partial charge on any atom is 0.542 e. The Morgan fingerprint density at radius 3 is 2.60 bits per heavy atom. The molecule has 1 heterocycles. The molecule has 0 unspecified atom stereocenters. The Morgan fingerprint density at radius 2 is 1.90 bits per heavy atom. The van der Waals surface area contributed by atoms with Gasteiger partial charge in [-0.2, -0.15) is 0 Å². The van der Waals surface area contributed by atoms with Crippen LogP contribution in [0.2, 0.25) is 0 Å². The van der Waals surface area contributed by atoms with Crippen LogP contribution >= 0.6 is 11.6 Å². The van der Waals surface area contributed by atoms with Crippen LogP contribution in [-0.2, 0) is 0 Å². The summed E-state index contributed by atoms with van der Waals surface area (Å²) < 4.78 is 14.1. The van der Waals surface area contributed by atoms with Crippen molar-refractivity contribution in [3.63, 3.8) is 0 Å². The van der Waals surface area contributed by atoms with Crippen molar-refractivity contribution < 1.29 is 18.5 Å². The Kier molecular flexibility index (Phi) is 3.00. The lowest BCUT2D eigenvalue weighted by molar-refractivity contribution is 0.226. The molecule has 0 amide bonds. The first kappa shape index (κ1) is 12.4. The predicted molar refractivity (Wildman–Crippen MR) is 69.9 cm³/mol. The molecule has 0 aliphatic heterocycles. The number of carbonyl (C=O) groups excluding carboxylic acids is 1. The molecule has 3 rings (SSSR count). The monoisotopic (exact) mass is 291 g/mol. The van der Waals surface area contributed by atoms with Crippen LogP contribution in [0, 0.1) is 0 Å². The molecular formula is C13H6ClNO5. The molecular weight excluding hydrogens is 286 g/mol. The van der Waals surface area contributed by atoms with Crippen LogP contribution in [0.3, 0.4) is 0 Å². The second kappa shape index (κ2) is 4.82. The zero-order chi connectivity index (χ0) is 14.1. The van der Waals surface area contributed by atoms with Gasteiger partial charge >= 0.3 is 11.3 Å². The molecule has 6 nitrogen and oxygen atoms in total. The lowest BCUT2D eigenvalue weighted by Gasteiger charge is -2.07. The molecule has 0 aliphatic carbocycles. The highest BCUT2D eigenvalue weighted by atomic mass is 35.5. The fraction of sp³-hybridized carbons (Fsp3) is 0. The van der Waals surface area contributed by atoms with Crippen molar-refractivity contribution in [3.8, 4) is 17.2 Å². The molecule has 3 aromatic rings. The van der Waals surface area contributed by atoms with Crippen molar-refractivity contribution in [3.05, 3.63) is 47.0 Å². The van der Waals surface area contributed by atoms with Gasteiger partial charge in [-0.25, -0.2) is 9.59 Å². The van der Waals surface area contributed by atoms with E-state index in [0.717, 1.165) is 0 Å². The molecule has 0 saturated heterocycles. The summed E-state index contributed by atoms with van der Waals surface area (Å²) in [5.41, 5.74) is -0.392. The topological polar surface area (TPSA) is 82.5 Å². The summed E-state index contributed by atoms with van der Waals surface area (Å²) in [4.78, 5) is 21.8. The summed E-state index contributed by atoms with van der Waals surface area (Å²) in [6.07, 6.45) is 0. The average molecular weight is 292 g/mol. The molecule has 0 N–H and O–H groups in total. The van der Waals surface area contributed by atoms with Gasteiger partial charge in [-0.1, -0.05) is 24.3 Å². The highest BCUT2D eigenvalue weighted by Crippen LogP contribution is 2.32. The van der Waals surface area contributed by atoms with Gasteiger partial charge < -0.3 is 9.15 Å². The first-order valence-electron chi connectivity index (χ1n) is 5.51. The maximum atomic E-state index is 10.9. The third-order valence-electron chi connectivity index (χ3n) is 2.69. The summed E-state index contributed by atoms with van der Waals surface area (Å²) in [5.74, 6) is -0.537. The van der Waals surface area contributed by atoms with Crippen molar-refractivity contribution in [2.24, 2.45) is 0 Å². The Morgan fingerprint density at radius 1 is 1.15 bits per heavy atom. The van der Waals surface area contributed by atoms with Crippen LogP contribution in [0.1, 0.15) is 0 Å². The summed E-state index contributed by atoms with van der Waals surface area (Å²) in [5, 5.41) is 4.85. The second-order valence-electron chi connectivity index (χ2n) is 3.84. The zero-order valence-corrected chi connectivity index (χ0v) is 10.6. The smallest absolute Gasteiger partial charge is 0.414 e. The first-order chi connectivity index (χ1) is 9.65. The van der Waals surface area contributed by atoms with E-state index in [9.17, 15) is 9.59 Å². The van der Waals surface area contributed by atoms with E-state index in [2.05, 4.69) is 9.68 Å². The van der Waals surface area contributed by atoms with Gasteiger partial charge in [-0.05, 0) is 22.7 Å². The van der Waals surface area contributed by atoms with Gasteiger partial charge in [0.2, 0.25) is 0 Å². The Bertz CT molecular complexity index is 851. The maximum absolute atomic E-state index is 10.9. The van der Waals surface area contributed by atoms with E-state index >= 15 is 0 Å². The van der Waals surface area contributed by atoms with E-state index in [1.807, 2.05) is 0 Å². The van der Waals surface area contributed by atoms with Gasteiger partial charge in [0.15, 0.2) is 0 Å². The lowest BCUT2D eigenvalue weighted by Crippen LogP contribution is -1.96. The molecule has 0 saturated carbocycles. The van der Waals surface area contributed by atoms with Crippen molar-refractivity contribution in [1.29, 1.82) is 0 Å². The molecule has 0 bridgehead atoms. The molecule has 100 valence electrons. The Labute approximate surface area is 116 Å². The van der Waals surface area contributed by atoms with Crippen LogP contribution in [0.4, 0.5) is 4.79 Å². The standard InChI is InChI=1S/C13H6ClNO5/c14-12(16)18-10-6-2-3-7-8(10)4-1-5-9(7)11-15-20-13(17)19-11/h1-6H.